The van der Waals surface area contributed by atoms with Crippen LogP contribution in [0.15, 0.2) is 0 Å². The monoisotopic (exact) mass is 436 g/mol. The van der Waals surface area contributed by atoms with Gasteiger partial charge in [-0.05, 0) is 27.7 Å². The third-order valence-electron chi connectivity index (χ3n) is 5.15. The molecule has 12 heteroatoms. The van der Waals surface area contributed by atoms with E-state index in [1.54, 1.807) is 0 Å². The number of carbonyl (C=O) groups is 4. The predicted molar refractivity (Wildman–Crippen MR) is 96.1 cm³/mol. The predicted octanol–water partition coefficient (Wildman–Crippen LogP) is -3.35. The van der Waals surface area contributed by atoms with Crippen molar-refractivity contribution in [2.75, 3.05) is 26.4 Å². The number of rotatable bonds is 11. The number of Topliss-reactive ketones (excluding diaryl/α,β-unsaturated/α-hetero) is 4. The standard InChI is InChI=1S/C18H28O12/c1-9(20)13(24)14-16(25,10(2)21)18(27,12(4)23)17(26,11(3)22)15(30-14)29-8-7-28-6-5-19/h13-15,19,24-27H,5-8H2,1-4H3/t13?,14-,15+,16-,17+,18+/m1/s1. The smallest absolute Gasteiger partial charge is 0.213 e. The number of aliphatic hydroxyl groups excluding tert-OH is 2. The molecule has 1 aliphatic rings. The Morgan fingerprint density at radius 3 is 1.83 bits per heavy atom. The molecule has 1 saturated heterocycles. The van der Waals surface area contributed by atoms with Gasteiger partial charge in [0.2, 0.25) is 11.2 Å². The summed E-state index contributed by atoms with van der Waals surface area (Å²) in [5.74, 6) is -5.05. The molecule has 0 aromatic carbocycles. The van der Waals surface area contributed by atoms with Gasteiger partial charge in [0, 0.05) is 0 Å². The Morgan fingerprint density at radius 1 is 0.900 bits per heavy atom. The van der Waals surface area contributed by atoms with E-state index < -0.39 is 65.0 Å². The normalized spacial score (nSPS) is 35.0. The second kappa shape index (κ2) is 9.66. The Morgan fingerprint density at radius 2 is 1.43 bits per heavy atom. The van der Waals surface area contributed by atoms with Gasteiger partial charge >= 0.3 is 0 Å². The average molecular weight is 436 g/mol. The number of carbonyl (C=O) groups excluding carboxylic acids is 4. The molecule has 5 N–H and O–H groups in total. The summed E-state index contributed by atoms with van der Waals surface area (Å²) in [6, 6.07) is 0. The van der Waals surface area contributed by atoms with E-state index in [-0.39, 0.29) is 19.8 Å². The molecule has 0 spiro atoms. The van der Waals surface area contributed by atoms with Crippen molar-refractivity contribution in [2.45, 2.75) is 63.0 Å². The molecule has 172 valence electrons. The second-order valence-electron chi connectivity index (χ2n) is 7.06. The minimum atomic E-state index is -3.53. The van der Waals surface area contributed by atoms with Gasteiger partial charge in [-0.3, -0.25) is 19.2 Å². The van der Waals surface area contributed by atoms with Gasteiger partial charge in [-0.15, -0.1) is 0 Å². The first-order valence-electron chi connectivity index (χ1n) is 9.08. The first kappa shape index (κ1) is 26.4. The molecular weight excluding hydrogens is 408 g/mol. The Bertz CT molecular complexity index is 693. The first-order valence-corrected chi connectivity index (χ1v) is 9.08. The van der Waals surface area contributed by atoms with Crippen LogP contribution in [0.1, 0.15) is 27.7 Å². The fourth-order valence-corrected chi connectivity index (χ4v) is 3.47. The van der Waals surface area contributed by atoms with Crippen LogP contribution in [0.25, 0.3) is 0 Å². The Kier molecular flexibility index (Phi) is 8.50. The van der Waals surface area contributed by atoms with Crippen LogP contribution < -0.4 is 0 Å². The Hall–Kier alpha value is -1.64. The van der Waals surface area contributed by atoms with Gasteiger partial charge in [-0.1, -0.05) is 0 Å². The maximum absolute atomic E-state index is 12.5. The van der Waals surface area contributed by atoms with Crippen molar-refractivity contribution in [3.63, 3.8) is 0 Å². The molecule has 1 unspecified atom stereocenters. The van der Waals surface area contributed by atoms with Crippen molar-refractivity contribution < 1.29 is 58.9 Å². The molecule has 0 amide bonds. The van der Waals surface area contributed by atoms with Gasteiger partial charge in [-0.25, -0.2) is 0 Å². The summed E-state index contributed by atoms with van der Waals surface area (Å²) in [6.07, 6.45) is -6.66. The molecule has 0 saturated carbocycles. The van der Waals surface area contributed by atoms with E-state index in [1.807, 2.05) is 0 Å². The summed E-state index contributed by atoms with van der Waals surface area (Å²) in [6.45, 7) is 2.16. The van der Waals surface area contributed by atoms with E-state index in [4.69, 9.17) is 19.3 Å². The molecule has 0 aromatic heterocycles. The van der Waals surface area contributed by atoms with E-state index >= 15 is 0 Å². The van der Waals surface area contributed by atoms with E-state index in [9.17, 15) is 39.6 Å². The van der Waals surface area contributed by atoms with Gasteiger partial charge in [0.1, 0.15) is 12.2 Å². The van der Waals surface area contributed by atoms with Crippen LogP contribution in [-0.4, -0.2) is 110 Å². The molecular formula is C18H28O12. The van der Waals surface area contributed by atoms with Crippen molar-refractivity contribution >= 4 is 23.1 Å². The third-order valence-corrected chi connectivity index (χ3v) is 5.15. The second-order valence-corrected chi connectivity index (χ2v) is 7.06. The van der Waals surface area contributed by atoms with Gasteiger partial charge < -0.3 is 39.7 Å². The topological polar surface area (TPSA) is 197 Å². The summed E-state index contributed by atoms with van der Waals surface area (Å²) in [5, 5.41) is 52.3. The summed E-state index contributed by atoms with van der Waals surface area (Å²) >= 11 is 0. The van der Waals surface area contributed by atoms with E-state index in [0.29, 0.717) is 6.92 Å². The van der Waals surface area contributed by atoms with Gasteiger partial charge in [0.05, 0.1) is 26.4 Å². The largest absolute Gasteiger partial charge is 0.394 e. The molecule has 0 aliphatic carbocycles. The van der Waals surface area contributed by atoms with Crippen molar-refractivity contribution in [1.29, 1.82) is 0 Å². The Balaban J connectivity index is 3.62. The summed E-state index contributed by atoms with van der Waals surface area (Å²) in [7, 11) is 0. The first-order chi connectivity index (χ1) is 13.7. The van der Waals surface area contributed by atoms with Crippen molar-refractivity contribution in [3.8, 4) is 0 Å². The van der Waals surface area contributed by atoms with Crippen LogP contribution in [-0.2, 0) is 33.4 Å². The lowest BCUT2D eigenvalue weighted by Crippen LogP contribution is -2.87. The van der Waals surface area contributed by atoms with Crippen LogP contribution in [0.3, 0.4) is 0 Å². The SMILES string of the molecule is CC(=O)C(O)[C@H]1O[C@H](OCCOCCO)[C@@](O)(C(C)=O)[C@](O)(C(C)=O)[C@@]1(O)C(C)=O. The molecule has 1 heterocycles. The third kappa shape index (κ3) is 3.97. The highest BCUT2D eigenvalue weighted by Gasteiger charge is 2.79. The Labute approximate surface area is 172 Å². The number of aliphatic hydroxyl groups is 5. The summed E-state index contributed by atoms with van der Waals surface area (Å²) in [4.78, 5) is 48.9. The lowest BCUT2D eigenvalue weighted by atomic mass is 9.60. The molecule has 0 aromatic rings. The quantitative estimate of drug-likeness (QED) is 0.202. The number of hydrogen-bond donors (Lipinski definition) is 5. The van der Waals surface area contributed by atoms with Crippen molar-refractivity contribution in [1.82, 2.24) is 0 Å². The fraction of sp³-hybridized carbons (Fsp3) is 0.778. The zero-order valence-corrected chi connectivity index (χ0v) is 17.2. The van der Waals surface area contributed by atoms with Crippen LogP contribution in [0.4, 0.5) is 0 Å². The highest BCUT2D eigenvalue weighted by atomic mass is 16.7. The highest BCUT2D eigenvalue weighted by molar-refractivity contribution is 6.05. The fourth-order valence-electron chi connectivity index (χ4n) is 3.47. The minimum absolute atomic E-state index is 0.0565. The lowest BCUT2D eigenvalue weighted by Gasteiger charge is -2.57. The van der Waals surface area contributed by atoms with E-state index in [2.05, 4.69) is 0 Å². The molecule has 30 heavy (non-hydrogen) atoms. The van der Waals surface area contributed by atoms with Crippen LogP contribution in [0.5, 0.6) is 0 Å². The molecule has 1 rings (SSSR count). The molecule has 12 nitrogen and oxygen atoms in total. The van der Waals surface area contributed by atoms with E-state index in [0.717, 1.165) is 20.8 Å². The van der Waals surface area contributed by atoms with Gasteiger partial charge in [0.15, 0.2) is 35.0 Å². The molecule has 1 aliphatic heterocycles. The zero-order chi connectivity index (χ0) is 23.5. The number of ether oxygens (including phenoxy) is 3. The molecule has 6 atom stereocenters. The maximum Gasteiger partial charge on any atom is 0.213 e. The average Bonchev–Trinajstić information content (AvgIpc) is 2.66. The van der Waals surface area contributed by atoms with Crippen LogP contribution in [0.2, 0.25) is 0 Å². The summed E-state index contributed by atoms with van der Waals surface area (Å²) < 4.78 is 15.5. The summed E-state index contributed by atoms with van der Waals surface area (Å²) in [5.41, 5.74) is -10.2. The molecule has 1 fully saturated rings. The maximum atomic E-state index is 12.5. The van der Waals surface area contributed by atoms with Crippen molar-refractivity contribution in [3.05, 3.63) is 0 Å². The highest BCUT2D eigenvalue weighted by Crippen LogP contribution is 2.47. The van der Waals surface area contributed by atoms with E-state index in [1.165, 1.54) is 0 Å². The molecule has 0 radical (unpaired) electrons. The molecule has 0 bridgehead atoms. The number of ketones is 4. The van der Waals surface area contributed by atoms with Gasteiger partial charge in [-0.2, -0.15) is 0 Å². The van der Waals surface area contributed by atoms with Crippen LogP contribution >= 0.6 is 0 Å². The lowest BCUT2D eigenvalue weighted by molar-refractivity contribution is -0.373. The van der Waals surface area contributed by atoms with Gasteiger partial charge in [0.25, 0.3) is 0 Å². The minimum Gasteiger partial charge on any atom is -0.394 e. The van der Waals surface area contributed by atoms with Crippen molar-refractivity contribution in [2.24, 2.45) is 0 Å². The zero-order valence-electron chi connectivity index (χ0n) is 17.2. The number of hydrogen-bond acceptors (Lipinski definition) is 12. The van der Waals surface area contributed by atoms with Crippen LogP contribution in [0, 0.1) is 0 Å².